The minimum absolute atomic E-state index is 0.0391. The molecule has 0 radical (unpaired) electrons. The van der Waals surface area contributed by atoms with E-state index >= 15 is 0 Å². The van der Waals surface area contributed by atoms with E-state index in [-0.39, 0.29) is 18.8 Å². The van der Waals surface area contributed by atoms with Crippen LogP contribution in [-0.2, 0) is 9.53 Å². The first-order valence-corrected chi connectivity index (χ1v) is 5.53. The molecule has 1 atom stereocenters. The summed E-state index contributed by atoms with van der Waals surface area (Å²) in [7, 11) is 1.30. The number of ketones is 1. The van der Waals surface area contributed by atoms with Crippen molar-refractivity contribution in [1.29, 1.82) is 0 Å². The summed E-state index contributed by atoms with van der Waals surface area (Å²) in [6.07, 6.45) is 0.0391. The summed E-state index contributed by atoms with van der Waals surface area (Å²) >= 11 is 5.80. The van der Waals surface area contributed by atoms with Crippen LogP contribution < -0.4 is 4.74 Å². The molecule has 0 fully saturated rings. The number of carbonyl (C=O) groups excluding carboxylic acids is 2. The minimum Gasteiger partial charge on any atom is -0.492 e. The quantitative estimate of drug-likeness (QED) is 0.759. The Morgan fingerprint density at radius 2 is 2.35 bits per heavy atom. The van der Waals surface area contributed by atoms with Crippen LogP contribution in [0.4, 0.5) is 0 Å². The van der Waals surface area contributed by atoms with E-state index < -0.39 is 11.9 Å². The van der Waals surface area contributed by atoms with Crippen LogP contribution >= 0.6 is 11.6 Å². The highest BCUT2D eigenvalue weighted by molar-refractivity contribution is 6.30. The van der Waals surface area contributed by atoms with Crippen molar-refractivity contribution in [2.75, 3.05) is 13.7 Å². The van der Waals surface area contributed by atoms with Crippen molar-refractivity contribution in [2.24, 2.45) is 5.92 Å². The number of esters is 1. The lowest BCUT2D eigenvalue weighted by Crippen LogP contribution is -2.30. The number of rotatable bonds is 2. The molecule has 90 valence electrons. The number of halogens is 1. The van der Waals surface area contributed by atoms with Gasteiger partial charge in [-0.15, -0.1) is 0 Å². The molecule has 5 heteroatoms. The third-order valence-electron chi connectivity index (χ3n) is 2.66. The van der Waals surface area contributed by atoms with E-state index in [1.807, 2.05) is 0 Å². The summed E-state index contributed by atoms with van der Waals surface area (Å²) in [5.41, 5.74) is 0.467. The number of hydrogen-bond acceptors (Lipinski definition) is 4. The van der Waals surface area contributed by atoms with Gasteiger partial charge < -0.3 is 9.47 Å². The van der Waals surface area contributed by atoms with Gasteiger partial charge >= 0.3 is 5.97 Å². The van der Waals surface area contributed by atoms with Crippen LogP contribution in [0.25, 0.3) is 0 Å². The van der Waals surface area contributed by atoms with Crippen LogP contribution in [-0.4, -0.2) is 25.5 Å². The van der Waals surface area contributed by atoms with Gasteiger partial charge in [-0.25, -0.2) is 0 Å². The van der Waals surface area contributed by atoms with E-state index in [2.05, 4.69) is 4.74 Å². The lowest BCUT2D eigenvalue weighted by Gasteiger charge is -2.23. The molecule has 1 heterocycles. The van der Waals surface area contributed by atoms with Gasteiger partial charge in [0.05, 0.1) is 31.6 Å². The molecular weight excluding hydrogens is 244 g/mol. The zero-order valence-electron chi connectivity index (χ0n) is 9.23. The van der Waals surface area contributed by atoms with Gasteiger partial charge in [0.1, 0.15) is 5.75 Å². The van der Waals surface area contributed by atoms with Crippen molar-refractivity contribution < 1.29 is 19.1 Å². The molecule has 4 nitrogen and oxygen atoms in total. The van der Waals surface area contributed by atoms with E-state index in [4.69, 9.17) is 16.3 Å². The molecule has 1 unspecified atom stereocenters. The third kappa shape index (κ3) is 2.42. The van der Waals surface area contributed by atoms with Crippen molar-refractivity contribution in [3.8, 4) is 5.75 Å². The highest BCUT2D eigenvalue weighted by Crippen LogP contribution is 2.31. The molecule has 1 aromatic carbocycles. The number of ether oxygens (including phenoxy) is 2. The van der Waals surface area contributed by atoms with E-state index in [1.54, 1.807) is 18.2 Å². The molecule has 1 aliphatic rings. The normalized spacial score (nSPS) is 18.2. The average molecular weight is 255 g/mol. The lowest BCUT2D eigenvalue weighted by molar-refractivity contribution is -0.141. The van der Waals surface area contributed by atoms with Crippen molar-refractivity contribution in [3.05, 3.63) is 28.8 Å². The second-order valence-corrected chi connectivity index (χ2v) is 4.23. The molecule has 0 aliphatic carbocycles. The first-order chi connectivity index (χ1) is 8.11. The van der Waals surface area contributed by atoms with Crippen LogP contribution in [0, 0.1) is 5.92 Å². The molecule has 1 aliphatic heterocycles. The van der Waals surface area contributed by atoms with Crippen molar-refractivity contribution in [1.82, 2.24) is 0 Å². The van der Waals surface area contributed by atoms with Gasteiger partial charge in [-0.05, 0) is 18.2 Å². The Morgan fingerprint density at radius 1 is 1.59 bits per heavy atom. The lowest BCUT2D eigenvalue weighted by atomic mass is 9.92. The topological polar surface area (TPSA) is 52.6 Å². The SMILES string of the molecule is COC(=O)CC1COc2cc(Cl)ccc2C1=O. The Labute approximate surface area is 103 Å². The standard InChI is InChI=1S/C12H11ClO4/c1-16-11(14)4-7-6-17-10-5-8(13)2-3-9(10)12(7)15/h2-3,5,7H,4,6H2,1H3. The molecule has 0 saturated carbocycles. The summed E-state index contributed by atoms with van der Waals surface area (Å²) < 4.78 is 9.96. The van der Waals surface area contributed by atoms with Gasteiger partial charge in [0.2, 0.25) is 0 Å². The van der Waals surface area contributed by atoms with Gasteiger partial charge in [0.25, 0.3) is 0 Å². The Morgan fingerprint density at radius 3 is 3.06 bits per heavy atom. The fourth-order valence-electron chi connectivity index (χ4n) is 1.74. The van der Waals surface area contributed by atoms with Crippen LogP contribution in [0.1, 0.15) is 16.8 Å². The summed E-state index contributed by atoms with van der Waals surface area (Å²) in [5, 5.41) is 0.517. The van der Waals surface area contributed by atoms with E-state index in [0.717, 1.165) is 0 Å². The number of hydrogen-bond donors (Lipinski definition) is 0. The Bertz CT molecular complexity index is 470. The molecule has 1 aromatic rings. The highest BCUT2D eigenvalue weighted by Gasteiger charge is 2.30. The maximum Gasteiger partial charge on any atom is 0.306 e. The highest BCUT2D eigenvalue weighted by atomic mass is 35.5. The zero-order valence-corrected chi connectivity index (χ0v) is 9.99. The molecule has 0 spiro atoms. The monoisotopic (exact) mass is 254 g/mol. The Balaban J connectivity index is 2.21. The maximum absolute atomic E-state index is 12.0. The van der Waals surface area contributed by atoms with Crippen LogP contribution in [0.3, 0.4) is 0 Å². The molecule has 0 N–H and O–H groups in total. The molecule has 0 bridgehead atoms. The molecule has 0 amide bonds. The number of Topliss-reactive ketones (excluding diaryl/α,β-unsaturated/α-hetero) is 1. The van der Waals surface area contributed by atoms with E-state index in [1.165, 1.54) is 7.11 Å². The summed E-state index contributed by atoms with van der Waals surface area (Å²) in [6, 6.07) is 4.84. The predicted molar refractivity (Wildman–Crippen MR) is 61.4 cm³/mol. The minimum atomic E-state index is -0.476. The average Bonchev–Trinajstić information content (AvgIpc) is 2.32. The second kappa shape index (κ2) is 4.75. The molecule has 0 aromatic heterocycles. The maximum atomic E-state index is 12.0. The first-order valence-electron chi connectivity index (χ1n) is 5.15. The van der Waals surface area contributed by atoms with Crippen molar-refractivity contribution >= 4 is 23.4 Å². The third-order valence-corrected chi connectivity index (χ3v) is 2.90. The van der Waals surface area contributed by atoms with Gasteiger partial charge in [0, 0.05) is 5.02 Å². The Kier molecular flexibility index (Phi) is 3.33. The molecule has 2 rings (SSSR count). The molecule has 17 heavy (non-hydrogen) atoms. The number of fused-ring (bicyclic) bond motifs is 1. The summed E-state index contributed by atoms with van der Waals surface area (Å²) in [5.74, 6) is -0.516. The fraction of sp³-hybridized carbons (Fsp3) is 0.333. The number of carbonyl (C=O) groups is 2. The first kappa shape index (κ1) is 11.9. The van der Waals surface area contributed by atoms with Crippen molar-refractivity contribution in [3.63, 3.8) is 0 Å². The number of methoxy groups -OCH3 is 1. The zero-order chi connectivity index (χ0) is 12.4. The van der Waals surface area contributed by atoms with Crippen LogP contribution in [0.5, 0.6) is 5.75 Å². The van der Waals surface area contributed by atoms with E-state index in [9.17, 15) is 9.59 Å². The van der Waals surface area contributed by atoms with Gasteiger partial charge in [-0.1, -0.05) is 11.6 Å². The predicted octanol–water partition coefficient (Wildman–Crippen LogP) is 2.09. The van der Waals surface area contributed by atoms with Crippen molar-refractivity contribution in [2.45, 2.75) is 6.42 Å². The second-order valence-electron chi connectivity index (χ2n) is 3.79. The molecular formula is C12H11ClO4. The molecule has 0 saturated heterocycles. The largest absolute Gasteiger partial charge is 0.492 e. The van der Waals surface area contributed by atoms with Gasteiger partial charge in [-0.3, -0.25) is 9.59 Å². The smallest absolute Gasteiger partial charge is 0.306 e. The van der Waals surface area contributed by atoms with Gasteiger partial charge in [0.15, 0.2) is 5.78 Å². The van der Waals surface area contributed by atoms with Gasteiger partial charge in [-0.2, -0.15) is 0 Å². The fourth-order valence-corrected chi connectivity index (χ4v) is 1.90. The summed E-state index contributed by atoms with van der Waals surface area (Å²) in [4.78, 5) is 23.2. The Hall–Kier alpha value is -1.55. The summed E-state index contributed by atoms with van der Waals surface area (Å²) in [6.45, 7) is 0.182. The number of benzene rings is 1. The van der Waals surface area contributed by atoms with Crippen LogP contribution in [0.15, 0.2) is 18.2 Å². The van der Waals surface area contributed by atoms with Crippen LogP contribution in [0.2, 0.25) is 5.02 Å². The van der Waals surface area contributed by atoms with E-state index in [0.29, 0.717) is 16.3 Å².